The van der Waals surface area contributed by atoms with E-state index in [0.29, 0.717) is 11.3 Å². The number of benzene rings is 2. The minimum atomic E-state index is 0.0875. The highest BCUT2D eigenvalue weighted by atomic mass is 32.2. The number of hydrogen-bond acceptors (Lipinski definition) is 4. The van der Waals surface area contributed by atoms with Crippen molar-refractivity contribution in [1.29, 1.82) is 0 Å². The first-order valence-corrected chi connectivity index (χ1v) is 11.8. The Hall–Kier alpha value is -1.78. The highest BCUT2D eigenvalue weighted by Crippen LogP contribution is 2.43. The summed E-state index contributed by atoms with van der Waals surface area (Å²) in [6, 6.07) is 14.8. The van der Waals surface area contributed by atoms with Gasteiger partial charge in [-0.15, -0.1) is 11.8 Å². The molecule has 0 aromatic heterocycles. The quantitative estimate of drug-likeness (QED) is 0.484. The summed E-state index contributed by atoms with van der Waals surface area (Å²) in [5.74, 6) is 1.67. The summed E-state index contributed by atoms with van der Waals surface area (Å²) in [6.45, 7) is 4.53. The number of carbonyl (C=O) groups excluding carboxylic acids is 1. The van der Waals surface area contributed by atoms with Crippen LogP contribution in [0.4, 0.5) is 0 Å². The lowest BCUT2D eigenvalue weighted by Crippen LogP contribution is -2.48. The number of aldehydes is 1. The van der Waals surface area contributed by atoms with E-state index in [0.717, 1.165) is 12.0 Å². The van der Waals surface area contributed by atoms with Crippen LogP contribution in [0.5, 0.6) is 5.75 Å². The average Bonchev–Trinajstić information content (AvgIpc) is 2.93. The minimum Gasteiger partial charge on any atom is -0.496 e. The van der Waals surface area contributed by atoms with Crippen molar-refractivity contribution in [2.24, 2.45) is 0 Å². The highest BCUT2D eigenvalue weighted by Gasteiger charge is 2.36. The number of unbranched alkanes of at least 4 members (excludes halogenated alkanes) is 2. The molecule has 3 rings (SSSR count). The summed E-state index contributed by atoms with van der Waals surface area (Å²) in [5, 5.41) is 4.10. The van der Waals surface area contributed by atoms with Crippen molar-refractivity contribution in [3.8, 4) is 5.75 Å². The van der Waals surface area contributed by atoms with Gasteiger partial charge in [-0.2, -0.15) is 0 Å². The van der Waals surface area contributed by atoms with Crippen LogP contribution in [-0.2, 0) is 0 Å². The molecule has 2 aromatic rings. The lowest BCUT2D eigenvalue weighted by molar-refractivity contribution is 0.112. The van der Waals surface area contributed by atoms with Crippen LogP contribution in [0.15, 0.2) is 47.4 Å². The number of nitrogens with one attached hydrogen (secondary N) is 1. The summed E-state index contributed by atoms with van der Waals surface area (Å²) in [7, 11) is 1.64. The average molecular weight is 412 g/mol. The molecule has 0 amide bonds. The summed E-state index contributed by atoms with van der Waals surface area (Å²) in [5.41, 5.74) is 3.18. The largest absolute Gasteiger partial charge is 0.496 e. The van der Waals surface area contributed by atoms with Gasteiger partial charge in [0.25, 0.3) is 0 Å². The number of carbonyl (C=O) groups is 1. The molecule has 1 atom stereocenters. The Balaban J connectivity index is 2.10. The summed E-state index contributed by atoms with van der Waals surface area (Å²) < 4.78 is 5.54. The zero-order chi connectivity index (χ0) is 20.7. The SMILES string of the molecule is CCCCC1(CCCC)CSc2cc(C=O)c(OC)cc2C(c2ccccc2)N1. The molecule has 1 unspecified atom stereocenters. The number of fused-ring (bicyclic) bond motifs is 1. The third-order valence-corrected chi connectivity index (χ3v) is 7.27. The summed E-state index contributed by atoms with van der Waals surface area (Å²) in [6.07, 6.45) is 8.09. The second kappa shape index (κ2) is 10.3. The van der Waals surface area contributed by atoms with Crippen LogP contribution in [-0.4, -0.2) is 24.7 Å². The van der Waals surface area contributed by atoms with Crippen molar-refractivity contribution in [1.82, 2.24) is 5.32 Å². The molecule has 1 N–H and O–H groups in total. The number of thioether (sulfide) groups is 1. The lowest BCUT2D eigenvalue weighted by atomic mass is 9.86. The van der Waals surface area contributed by atoms with Gasteiger partial charge in [-0.1, -0.05) is 69.9 Å². The first kappa shape index (κ1) is 21.9. The second-order valence-electron chi connectivity index (χ2n) is 8.01. The molecule has 0 saturated carbocycles. The fraction of sp³-hybridized carbons (Fsp3) is 0.480. The van der Waals surface area contributed by atoms with Gasteiger partial charge < -0.3 is 4.74 Å². The van der Waals surface area contributed by atoms with E-state index < -0.39 is 0 Å². The van der Waals surface area contributed by atoms with Gasteiger partial charge in [0.15, 0.2) is 6.29 Å². The van der Waals surface area contributed by atoms with Crippen LogP contribution in [0.3, 0.4) is 0 Å². The fourth-order valence-corrected chi connectivity index (χ4v) is 5.56. The first-order valence-electron chi connectivity index (χ1n) is 10.8. The Labute approximate surface area is 179 Å². The molecule has 2 aromatic carbocycles. The van der Waals surface area contributed by atoms with Gasteiger partial charge >= 0.3 is 0 Å². The van der Waals surface area contributed by atoms with Crippen molar-refractivity contribution >= 4 is 18.0 Å². The van der Waals surface area contributed by atoms with Gasteiger partial charge in [-0.3, -0.25) is 10.1 Å². The molecule has 3 nitrogen and oxygen atoms in total. The van der Waals surface area contributed by atoms with E-state index in [4.69, 9.17) is 4.74 Å². The van der Waals surface area contributed by atoms with Gasteiger partial charge in [0, 0.05) is 16.2 Å². The maximum absolute atomic E-state index is 11.6. The zero-order valence-electron chi connectivity index (χ0n) is 17.9. The van der Waals surface area contributed by atoms with Crippen LogP contribution in [0.1, 0.15) is 79.9 Å². The third-order valence-electron chi connectivity index (χ3n) is 5.91. The predicted octanol–water partition coefficient (Wildman–Crippen LogP) is 6.41. The maximum atomic E-state index is 11.6. The molecule has 0 saturated heterocycles. The lowest BCUT2D eigenvalue weighted by Gasteiger charge is -2.37. The van der Waals surface area contributed by atoms with Gasteiger partial charge in [0.1, 0.15) is 5.75 Å². The summed E-state index contributed by atoms with van der Waals surface area (Å²) in [4.78, 5) is 12.8. The molecule has 0 fully saturated rings. The van der Waals surface area contributed by atoms with Crippen LogP contribution < -0.4 is 10.1 Å². The topological polar surface area (TPSA) is 38.3 Å². The van der Waals surface area contributed by atoms with E-state index in [1.165, 1.54) is 54.5 Å². The predicted molar refractivity (Wildman–Crippen MR) is 122 cm³/mol. The van der Waals surface area contributed by atoms with E-state index in [9.17, 15) is 4.79 Å². The molecule has 4 heteroatoms. The Morgan fingerprint density at radius 1 is 1.14 bits per heavy atom. The molecule has 0 spiro atoms. The molecule has 156 valence electrons. The van der Waals surface area contributed by atoms with E-state index in [-0.39, 0.29) is 11.6 Å². The zero-order valence-corrected chi connectivity index (χ0v) is 18.7. The normalized spacial score (nSPS) is 18.0. The first-order chi connectivity index (χ1) is 14.2. The Kier molecular flexibility index (Phi) is 7.79. The second-order valence-corrected chi connectivity index (χ2v) is 9.03. The van der Waals surface area contributed by atoms with Crippen LogP contribution in [0, 0.1) is 0 Å². The maximum Gasteiger partial charge on any atom is 0.153 e. The smallest absolute Gasteiger partial charge is 0.153 e. The van der Waals surface area contributed by atoms with E-state index >= 15 is 0 Å². The van der Waals surface area contributed by atoms with Crippen molar-refractivity contribution < 1.29 is 9.53 Å². The monoisotopic (exact) mass is 411 g/mol. The van der Waals surface area contributed by atoms with Crippen molar-refractivity contribution in [2.75, 3.05) is 12.9 Å². The number of methoxy groups -OCH3 is 1. The molecular weight excluding hydrogens is 378 g/mol. The molecule has 29 heavy (non-hydrogen) atoms. The van der Waals surface area contributed by atoms with Gasteiger partial charge in [0.05, 0.1) is 18.7 Å². The fourth-order valence-electron chi connectivity index (χ4n) is 4.20. The molecule has 1 heterocycles. The van der Waals surface area contributed by atoms with E-state index in [1.807, 2.05) is 17.8 Å². The Bertz CT molecular complexity index is 798. The Morgan fingerprint density at radius 2 is 1.83 bits per heavy atom. The minimum absolute atomic E-state index is 0.0875. The van der Waals surface area contributed by atoms with E-state index in [2.05, 4.69) is 55.6 Å². The van der Waals surface area contributed by atoms with E-state index in [1.54, 1.807) is 7.11 Å². The molecular formula is C25H33NO2S. The standard InChI is InChI=1S/C25H33NO2S/c1-4-6-13-25(14-7-5-2)18-29-23-15-20(17-27)22(28-3)16-21(23)24(26-25)19-11-9-8-10-12-19/h8-12,15-17,24,26H,4-7,13-14,18H2,1-3H3. The van der Waals surface area contributed by atoms with Crippen molar-refractivity contribution in [2.45, 2.75) is 68.8 Å². The molecule has 0 bridgehead atoms. The summed E-state index contributed by atoms with van der Waals surface area (Å²) >= 11 is 1.89. The molecule has 1 aliphatic rings. The van der Waals surface area contributed by atoms with Crippen molar-refractivity contribution in [3.63, 3.8) is 0 Å². The molecule has 0 radical (unpaired) electrons. The highest BCUT2D eigenvalue weighted by molar-refractivity contribution is 7.99. The van der Waals surface area contributed by atoms with Crippen LogP contribution >= 0.6 is 11.8 Å². The molecule has 1 aliphatic heterocycles. The molecule has 0 aliphatic carbocycles. The van der Waals surface area contributed by atoms with Gasteiger partial charge in [0.2, 0.25) is 0 Å². The van der Waals surface area contributed by atoms with Gasteiger partial charge in [-0.05, 0) is 36.1 Å². The van der Waals surface area contributed by atoms with Crippen LogP contribution in [0.25, 0.3) is 0 Å². The number of hydrogen-bond donors (Lipinski definition) is 1. The third kappa shape index (κ3) is 5.04. The Morgan fingerprint density at radius 3 is 2.41 bits per heavy atom. The van der Waals surface area contributed by atoms with Crippen molar-refractivity contribution in [3.05, 3.63) is 59.2 Å². The van der Waals surface area contributed by atoms with Crippen LogP contribution in [0.2, 0.25) is 0 Å². The number of rotatable bonds is 9. The van der Waals surface area contributed by atoms with Gasteiger partial charge in [-0.25, -0.2) is 0 Å². The number of ether oxygens (including phenoxy) is 1.